The maximum Gasteiger partial charge on any atom is 0.251 e. The predicted molar refractivity (Wildman–Crippen MR) is 74.1 cm³/mol. The maximum absolute atomic E-state index is 11.8. The number of carbonyl (C=O) groups excluding carboxylic acids is 1. The highest BCUT2D eigenvalue weighted by Crippen LogP contribution is 2.29. The minimum Gasteiger partial charge on any atom is -0.397 e. The molecular formula is C12H16Cl2N2O2. The number of benzene rings is 1. The monoisotopic (exact) mass is 290 g/mol. The summed E-state index contributed by atoms with van der Waals surface area (Å²) in [7, 11) is 0. The molecule has 0 aliphatic carbocycles. The van der Waals surface area contributed by atoms with Crippen molar-refractivity contribution in [1.29, 1.82) is 0 Å². The second-order valence-corrected chi connectivity index (χ2v) is 4.75. The largest absolute Gasteiger partial charge is 0.397 e. The van der Waals surface area contributed by atoms with Gasteiger partial charge in [0, 0.05) is 12.1 Å². The van der Waals surface area contributed by atoms with Crippen LogP contribution < -0.4 is 11.1 Å². The van der Waals surface area contributed by atoms with Crippen LogP contribution in [0.25, 0.3) is 0 Å². The molecule has 0 spiro atoms. The van der Waals surface area contributed by atoms with Gasteiger partial charge < -0.3 is 16.2 Å². The molecule has 1 aromatic carbocycles. The van der Waals surface area contributed by atoms with Crippen LogP contribution in [0, 0.1) is 0 Å². The lowest BCUT2D eigenvalue weighted by molar-refractivity contribution is 0.0942. The van der Waals surface area contributed by atoms with E-state index >= 15 is 0 Å². The van der Waals surface area contributed by atoms with Crippen LogP contribution in [0.15, 0.2) is 12.1 Å². The summed E-state index contributed by atoms with van der Waals surface area (Å²) in [5.74, 6) is -0.288. The van der Waals surface area contributed by atoms with Crippen LogP contribution in [0.4, 0.5) is 5.69 Å². The molecule has 1 aromatic rings. The minimum atomic E-state index is -0.399. The summed E-state index contributed by atoms with van der Waals surface area (Å²) in [4.78, 5) is 11.8. The molecule has 1 atom stereocenters. The van der Waals surface area contributed by atoms with Crippen molar-refractivity contribution in [2.75, 3.05) is 12.3 Å². The van der Waals surface area contributed by atoms with E-state index in [2.05, 4.69) is 5.32 Å². The molecule has 100 valence electrons. The second kappa shape index (κ2) is 6.83. The molecule has 0 saturated carbocycles. The van der Waals surface area contributed by atoms with Crippen LogP contribution in [-0.2, 0) is 0 Å². The van der Waals surface area contributed by atoms with Gasteiger partial charge in [-0.15, -0.1) is 0 Å². The molecule has 0 aliphatic rings. The Balaban J connectivity index is 2.62. The third-order valence-electron chi connectivity index (χ3n) is 2.55. The topological polar surface area (TPSA) is 75.3 Å². The van der Waals surface area contributed by atoms with Crippen molar-refractivity contribution >= 4 is 34.8 Å². The fourth-order valence-electron chi connectivity index (χ4n) is 1.40. The smallest absolute Gasteiger partial charge is 0.251 e. The standard InChI is InChI=1S/C12H16Cl2N2O2/c1-2-8(17)3-4-16-12(18)7-5-9(13)11(14)10(15)6-7/h5-6,8,17H,2-4,15H2,1H3,(H,16,18). The molecule has 1 rings (SSSR count). The molecule has 0 fully saturated rings. The van der Waals surface area contributed by atoms with E-state index in [1.54, 1.807) is 0 Å². The van der Waals surface area contributed by atoms with Gasteiger partial charge in [-0.25, -0.2) is 0 Å². The van der Waals surface area contributed by atoms with Crippen molar-refractivity contribution in [3.05, 3.63) is 27.7 Å². The molecule has 0 radical (unpaired) electrons. The van der Waals surface area contributed by atoms with E-state index in [9.17, 15) is 9.90 Å². The highest BCUT2D eigenvalue weighted by Gasteiger charge is 2.11. The van der Waals surface area contributed by atoms with Crippen LogP contribution in [0.1, 0.15) is 30.1 Å². The fourth-order valence-corrected chi connectivity index (χ4v) is 1.74. The zero-order valence-electron chi connectivity index (χ0n) is 10.0. The summed E-state index contributed by atoms with van der Waals surface area (Å²) in [6.45, 7) is 2.28. The Morgan fingerprint density at radius 1 is 1.50 bits per heavy atom. The number of hydrogen-bond donors (Lipinski definition) is 3. The molecule has 18 heavy (non-hydrogen) atoms. The number of nitrogen functional groups attached to an aromatic ring is 1. The summed E-state index contributed by atoms with van der Waals surface area (Å²) in [5.41, 5.74) is 6.24. The average molecular weight is 291 g/mol. The van der Waals surface area contributed by atoms with Crippen molar-refractivity contribution in [2.24, 2.45) is 0 Å². The minimum absolute atomic E-state index is 0.245. The number of aliphatic hydroxyl groups is 1. The number of nitrogens with two attached hydrogens (primary N) is 1. The molecule has 6 heteroatoms. The van der Waals surface area contributed by atoms with Crippen molar-refractivity contribution < 1.29 is 9.90 Å². The van der Waals surface area contributed by atoms with Crippen LogP contribution >= 0.6 is 23.2 Å². The first-order chi connectivity index (χ1) is 8.45. The maximum atomic E-state index is 11.8. The van der Waals surface area contributed by atoms with Gasteiger partial charge in [0.05, 0.1) is 21.8 Å². The number of halogens is 2. The van der Waals surface area contributed by atoms with Gasteiger partial charge in [0.2, 0.25) is 0 Å². The van der Waals surface area contributed by atoms with E-state index in [1.165, 1.54) is 12.1 Å². The number of amides is 1. The molecule has 0 saturated heterocycles. The van der Waals surface area contributed by atoms with Gasteiger partial charge >= 0.3 is 0 Å². The molecule has 1 amide bonds. The Labute approximate surface area is 116 Å². The van der Waals surface area contributed by atoms with Crippen molar-refractivity contribution in [3.63, 3.8) is 0 Å². The van der Waals surface area contributed by atoms with E-state index < -0.39 is 6.10 Å². The molecule has 1 unspecified atom stereocenters. The highest BCUT2D eigenvalue weighted by molar-refractivity contribution is 6.43. The van der Waals surface area contributed by atoms with Crippen molar-refractivity contribution in [2.45, 2.75) is 25.9 Å². The lowest BCUT2D eigenvalue weighted by atomic mass is 10.1. The Bertz CT molecular complexity index is 415. The summed E-state index contributed by atoms with van der Waals surface area (Å²) in [5, 5.41) is 12.5. The Morgan fingerprint density at radius 2 is 2.17 bits per heavy atom. The van der Waals surface area contributed by atoms with Gasteiger partial charge in [-0.3, -0.25) is 4.79 Å². The number of carbonyl (C=O) groups is 1. The van der Waals surface area contributed by atoms with Gasteiger partial charge in [-0.2, -0.15) is 0 Å². The molecule has 0 aliphatic heterocycles. The summed E-state index contributed by atoms with van der Waals surface area (Å²) in [6, 6.07) is 2.94. The zero-order valence-corrected chi connectivity index (χ0v) is 11.6. The zero-order chi connectivity index (χ0) is 13.7. The van der Waals surface area contributed by atoms with Crippen molar-refractivity contribution in [1.82, 2.24) is 5.32 Å². The van der Waals surface area contributed by atoms with E-state index in [4.69, 9.17) is 28.9 Å². The number of rotatable bonds is 5. The highest BCUT2D eigenvalue weighted by atomic mass is 35.5. The van der Waals surface area contributed by atoms with E-state index in [0.717, 1.165) is 0 Å². The van der Waals surface area contributed by atoms with Gasteiger partial charge in [-0.05, 0) is 25.0 Å². The van der Waals surface area contributed by atoms with Gasteiger partial charge in [-0.1, -0.05) is 30.1 Å². The Hall–Kier alpha value is -0.970. The third-order valence-corrected chi connectivity index (χ3v) is 3.37. The molecule has 4 N–H and O–H groups in total. The Kier molecular flexibility index (Phi) is 5.72. The molecule has 4 nitrogen and oxygen atoms in total. The summed E-state index contributed by atoms with van der Waals surface area (Å²) >= 11 is 11.6. The van der Waals surface area contributed by atoms with Crippen LogP contribution in [0.2, 0.25) is 10.0 Å². The predicted octanol–water partition coefficient (Wildman–Crippen LogP) is 2.47. The number of anilines is 1. The lowest BCUT2D eigenvalue weighted by Gasteiger charge is -2.10. The number of aliphatic hydroxyl groups excluding tert-OH is 1. The first kappa shape index (κ1) is 15.1. The molecule has 0 aromatic heterocycles. The normalized spacial score (nSPS) is 12.2. The van der Waals surface area contributed by atoms with Gasteiger partial charge in [0.15, 0.2) is 0 Å². The quantitative estimate of drug-likeness (QED) is 0.729. The summed E-state index contributed by atoms with van der Waals surface area (Å²) < 4.78 is 0. The Morgan fingerprint density at radius 3 is 2.72 bits per heavy atom. The first-order valence-corrected chi connectivity index (χ1v) is 6.42. The molecule has 0 heterocycles. The van der Waals surface area contributed by atoms with Crippen LogP contribution in [0.5, 0.6) is 0 Å². The van der Waals surface area contributed by atoms with E-state index in [-0.39, 0.29) is 21.6 Å². The SMILES string of the molecule is CCC(O)CCNC(=O)c1cc(N)c(Cl)c(Cl)c1. The third kappa shape index (κ3) is 4.05. The van der Waals surface area contributed by atoms with Gasteiger partial charge in [0.25, 0.3) is 5.91 Å². The first-order valence-electron chi connectivity index (χ1n) is 5.66. The summed E-state index contributed by atoms with van der Waals surface area (Å²) in [6.07, 6.45) is 0.776. The molecule has 0 bridgehead atoms. The average Bonchev–Trinajstić information content (AvgIpc) is 2.34. The lowest BCUT2D eigenvalue weighted by Crippen LogP contribution is -2.27. The second-order valence-electron chi connectivity index (χ2n) is 3.97. The molecular weight excluding hydrogens is 275 g/mol. The number of nitrogens with one attached hydrogen (secondary N) is 1. The van der Waals surface area contributed by atoms with Gasteiger partial charge in [0.1, 0.15) is 0 Å². The fraction of sp³-hybridized carbons (Fsp3) is 0.417. The number of hydrogen-bond acceptors (Lipinski definition) is 3. The van der Waals surface area contributed by atoms with Crippen LogP contribution in [-0.4, -0.2) is 23.7 Å². The van der Waals surface area contributed by atoms with Crippen LogP contribution in [0.3, 0.4) is 0 Å². The van der Waals surface area contributed by atoms with Crippen molar-refractivity contribution in [3.8, 4) is 0 Å². The van der Waals surface area contributed by atoms with E-state index in [1.807, 2.05) is 6.92 Å². The van der Waals surface area contributed by atoms with E-state index in [0.29, 0.717) is 24.9 Å².